The zero-order valence-corrected chi connectivity index (χ0v) is 10.7. The monoisotopic (exact) mass is 244 g/mol. The Morgan fingerprint density at radius 2 is 1.88 bits per heavy atom. The van der Waals surface area contributed by atoms with E-state index in [9.17, 15) is 4.79 Å². The third-order valence-electron chi connectivity index (χ3n) is 2.20. The van der Waals surface area contributed by atoms with Gasteiger partial charge < -0.3 is 21.5 Å². The quantitative estimate of drug-likeness (QED) is 0.276. The highest BCUT2D eigenvalue weighted by atomic mass is 16.4. The van der Waals surface area contributed by atoms with Crippen molar-refractivity contribution in [2.24, 2.45) is 10.7 Å². The lowest BCUT2D eigenvalue weighted by atomic mass is 10.1. The molecule has 0 bridgehead atoms. The van der Waals surface area contributed by atoms with Crippen molar-refractivity contribution < 1.29 is 9.90 Å². The Morgan fingerprint density at radius 1 is 1.29 bits per heavy atom. The number of carbonyl (C=O) groups is 1. The highest BCUT2D eigenvalue weighted by Crippen LogP contribution is 1.99. The third-order valence-corrected chi connectivity index (χ3v) is 2.20. The fourth-order valence-corrected chi connectivity index (χ4v) is 1.30. The largest absolute Gasteiger partial charge is 0.480 e. The van der Waals surface area contributed by atoms with Gasteiger partial charge in [0.15, 0.2) is 5.96 Å². The van der Waals surface area contributed by atoms with Crippen molar-refractivity contribution in [1.29, 1.82) is 0 Å². The minimum absolute atomic E-state index is 0.503. The summed E-state index contributed by atoms with van der Waals surface area (Å²) < 4.78 is 0. The Balaban J connectivity index is 3.71. The topological polar surface area (TPSA) is 99.7 Å². The van der Waals surface area contributed by atoms with Crippen LogP contribution in [0.1, 0.15) is 33.1 Å². The highest BCUT2D eigenvalue weighted by molar-refractivity contribution is 5.79. The molecule has 0 radical (unpaired) electrons. The van der Waals surface area contributed by atoms with Gasteiger partial charge in [0, 0.05) is 19.6 Å². The first kappa shape index (κ1) is 15.7. The number of unbranched alkanes of at least 4 members (excludes halogenated alkanes) is 1. The number of carboxylic acid groups (broad SMARTS) is 1. The highest BCUT2D eigenvalue weighted by Gasteiger charge is 2.09. The summed E-state index contributed by atoms with van der Waals surface area (Å²) in [5, 5.41) is 14.8. The van der Waals surface area contributed by atoms with Gasteiger partial charge in [-0.2, -0.15) is 0 Å². The molecule has 0 heterocycles. The summed E-state index contributed by atoms with van der Waals surface area (Å²) in [6.45, 7) is 6.37. The molecule has 0 amide bonds. The van der Waals surface area contributed by atoms with Crippen molar-refractivity contribution in [3.8, 4) is 0 Å². The van der Waals surface area contributed by atoms with Gasteiger partial charge in [0.2, 0.25) is 0 Å². The first-order valence-corrected chi connectivity index (χ1v) is 6.12. The van der Waals surface area contributed by atoms with E-state index in [-0.39, 0.29) is 0 Å². The zero-order valence-electron chi connectivity index (χ0n) is 10.7. The lowest BCUT2D eigenvalue weighted by Gasteiger charge is -2.09. The van der Waals surface area contributed by atoms with Gasteiger partial charge >= 0.3 is 5.97 Å². The zero-order chi connectivity index (χ0) is 13.1. The molecule has 0 aliphatic rings. The van der Waals surface area contributed by atoms with Gasteiger partial charge in [-0.05, 0) is 33.1 Å². The van der Waals surface area contributed by atoms with Gasteiger partial charge in [-0.1, -0.05) is 0 Å². The van der Waals surface area contributed by atoms with Gasteiger partial charge in [0.05, 0.1) is 0 Å². The van der Waals surface area contributed by atoms with Crippen LogP contribution in [0.3, 0.4) is 0 Å². The SMILES string of the molecule is CCNC(=NCCCCC(N)C(=O)O)NCC. The Morgan fingerprint density at radius 3 is 2.35 bits per heavy atom. The summed E-state index contributed by atoms with van der Waals surface area (Å²) in [4.78, 5) is 14.8. The summed E-state index contributed by atoms with van der Waals surface area (Å²) in [7, 11) is 0. The van der Waals surface area contributed by atoms with E-state index < -0.39 is 12.0 Å². The van der Waals surface area contributed by atoms with E-state index in [2.05, 4.69) is 15.6 Å². The maximum atomic E-state index is 10.5. The van der Waals surface area contributed by atoms with Crippen molar-refractivity contribution in [2.45, 2.75) is 39.2 Å². The van der Waals surface area contributed by atoms with Crippen LogP contribution in [0.25, 0.3) is 0 Å². The molecule has 17 heavy (non-hydrogen) atoms. The molecule has 5 N–H and O–H groups in total. The van der Waals surface area contributed by atoms with E-state index in [4.69, 9.17) is 10.8 Å². The number of nitrogens with zero attached hydrogens (tertiary/aromatic N) is 1. The summed E-state index contributed by atoms with van der Waals surface area (Å²) in [5.74, 6) is -0.132. The summed E-state index contributed by atoms with van der Waals surface area (Å²) in [6, 6.07) is -0.749. The van der Waals surface area contributed by atoms with E-state index in [0.29, 0.717) is 13.0 Å². The Bertz CT molecular complexity index is 236. The Kier molecular flexibility index (Phi) is 9.14. The predicted octanol–water partition coefficient (Wildman–Crippen LogP) is 0.144. The minimum atomic E-state index is -0.936. The predicted molar refractivity (Wildman–Crippen MR) is 69.1 cm³/mol. The first-order chi connectivity index (χ1) is 8.11. The van der Waals surface area contributed by atoms with Crippen LogP contribution in [-0.2, 0) is 4.79 Å². The molecule has 0 aromatic rings. The second-order valence-electron chi connectivity index (χ2n) is 3.73. The van der Waals surface area contributed by atoms with E-state index in [1.807, 2.05) is 13.8 Å². The second kappa shape index (κ2) is 9.89. The van der Waals surface area contributed by atoms with Crippen LogP contribution in [0.4, 0.5) is 0 Å². The number of rotatable bonds is 8. The molecule has 100 valence electrons. The van der Waals surface area contributed by atoms with Crippen molar-refractivity contribution in [2.75, 3.05) is 19.6 Å². The van der Waals surface area contributed by atoms with Crippen LogP contribution < -0.4 is 16.4 Å². The van der Waals surface area contributed by atoms with Gasteiger partial charge in [0.1, 0.15) is 6.04 Å². The number of aliphatic imine (C=N–C) groups is 1. The summed E-state index contributed by atoms with van der Waals surface area (Å²) >= 11 is 0. The lowest BCUT2D eigenvalue weighted by Crippen LogP contribution is -2.37. The van der Waals surface area contributed by atoms with E-state index in [1.54, 1.807) is 0 Å². The third kappa shape index (κ3) is 8.50. The van der Waals surface area contributed by atoms with Crippen molar-refractivity contribution in [3.63, 3.8) is 0 Å². The number of nitrogens with one attached hydrogen (secondary N) is 2. The molecule has 0 aliphatic heterocycles. The van der Waals surface area contributed by atoms with Crippen LogP contribution >= 0.6 is 0 Å². The molecule has 1 unspecified atom stereocenters. The average Bonchev–Trinajstić information content (AvgIpc) is 2.28. The van der Waals surface area contributed by atoms with Crippen molar-refractivity contribution in [3.05, 3.63) is 0 Å². The van der Waals surface area contributed by atoms with Crippen LogP contribution in [0, 0.1) is 0 Å². The molecule has 0 aliphatic carbocycles. The molecule has 0 aromatic heterocycles. The van der Waals surface area contributed by atoms with Crippen molar-refractivity contribution >= 4 is 11.9 Å². The molecular weight excluding hydrogens is 220 g/mol. The van der Waals surface area contributed by atoms with E-state index >= 15 is 0 Å². The summed E-state index contributed by atoms with van der Waals surface area (Å²) in [6.07, 6.45) is 2.13. The Labute approximate surface area is 103 Å². The molecule has 0 spiro atoms. The smallest absolute Gasteiger partial charge is 0.320 e. The summed E-state index contributed by atoms with van der Waals surface area (Å²) in [5.41, 5.74) is 5.39. The van der Waals surface area contributed by atoms with Crippen LogP contribution in [0.2, 0.25) is 0 Å². The molecule has 0 aromatic carbocycles. The number of aliphatic carboxylic acids is 1. The van der Waals surface area contributed by atoms with E-state index in [1.165, 1.54) is 0 Å². The van der Waals surface area contributed by atoms with Crippen molar-refractivity contribution in [1.82, 2.24) is 10.6 Å². The number of guanidine groups is 1. The molecule has 0 rings (SSSR count). The van der Waals surface area contributed by atoms with Gasteiger partial charge in [-0.3, -0.25) is 9.79 Å². The van der Waals surface area contributed by atoms with Crippen LogP contribution in [0.15, 0.2) is 4.99 Å². The Hall–Kier alpha value is -1.30. The maximum absolute atomic E-state index is 10.5. The molecule has 1 atom stereocenters. The number of carboxylic acids is 1. The normalized spacial score (nSPS) is 11.7. The molecule has 6 heteroatoms. The fraction of sp³-hybridized carbons (Fsp3) is 0.818. The van der Waals surface area contributed by atoms with Crippen LogP contribution in [0.5, 0.6) is 0 Å². The average molecular weight is 244 g/mol. The standard InChI is InChI=1S/C11H24N4O2/c1-3-13-11(14-4-2)15-8-6-5-7-9(12)10(16)17/h9H,3-8,12H2,1-2H3,(H,16,17)(H2,13,14,15). The minimum Gasteiger partial charge on any atom is -0.480 e. The number of hydrogen-bond donors (Lipinski definition) is 4. The molecule has 0 saturated carbocycles. The number of hydrogen-bond acceptors (Lipinski definition) is 3. The van der Waals surface area contributed by atoms with Gasteiger partial charge in [0.25, 0.3) is 0 Å². The van der Waals surface area contributed by atoms with E-state index in [0.717, 1.165) is 31.9 Å². The molecule has 0 saturated heterocycles. The molecular formula is C11H24N4O2. The fourth-order valence-electron chi connectivity index (χ4n) is 1.30. The lowest BCUT2D eigenvalue weighted by molar-refractivity contribution is -0.138. The van der Waals surface area contributed by atoms with Gasteiger partial charge in [-0.25, -0.2) is 0 Å². The maximum Gasteiger partial charge on any atom is 0.320 e. The van der Waals surface area contributed by atoms with Gasteiger partial charge in [-0.15, -0.1) is 0 Å². The number of nitrogens with two attached hydrogens (primary N) is 1. The molecule has 0 fully saturated rings. The first-order valence-electron chi connectivity index (χ1n) is 6.12. The van der Waals surface area contributed by atoms with Crippen LogP contribution in [-0.4, -0.2) is 42.7 Å². The second-order valence-corrected chi connectivity index (χ2v) is 3.73. The molecule has 6 nitrogen and oxygen atoms in total.